The Kier molecular flexibility index (Phi) is 7.68. The molecule has 0 bridgehead atoms. The first-order chi connectivity index (χ1) is 14.9. The minimum absolute atomic E-state index is 0.0616. The summed E-state index contributed by atoms with van der Waals surface area (Å²) in [5.74, 6) is -0.264. The Balaban J connectivity index is 1.57. The van der Waals surface area contributed by atoms with E-state index in [-0.39, 0.29) is 17.1 Å². The lowest BCUT2D eigenvalue weighted by atomic mass is 10.1. The minimum atomic E-state index is -0.287. The third-order valence-electron chi connectivity index (χ3n) is 4.78. The summed E-state index contributed by atoms with van der Waals surface area (Å²) in [6.07, 6.45) is 3.28. The largest absolute Gasteiger partial charge is 0.325 e. The molecule has 0 saturated carbocycles. The topological polar surface area (TPSA) is 58.2 Å². The highest BCUT2D eigenvalue weighted by atomic mass is 32.2. The van der Waals surface area contributed by atoms with E-state index in [4.69, 9.17) is 0 Å². The van der Waals surface area contributed by atoms with Gasteiger partial charge >= 0.3 is 0 Å². The van der Waals surface area contributed by atoms with Crippen LogP contribution in [0.15, 0.2) is 83.8 Å². The lowest BCUT2D eigenvalue weighted by Gasteiger charge is -2.13. The summed E-state index contributed by atoms with van der Waals surface area (Å²) in [7, 11) is 0. The Hall–Kier alpha value is -3.31. The number of hydrogen-bond acceptors (Lipinski definition) is 3. The Bertz CT molecular complexity index is 1090. The Morgan fingerprint density at radius 3 is 2.32 bits per heavy atom. The van der Waals surface area contributed by atoms with Gasteiger partial charge in [0.05, 0.1) is 5.25 Å². The molecule has 1 unspecified atom stereocenters. The maximum absolute atomic E-state index is 12.6. The molecule has 4 nitrogen and oxygen atoms in total. The van der Waals surface area contributed by atoms with Crippen LogP contribution in [0.5, 0.6) is 0 Å². The Morgan fingerprint density at radius 2 is 1.58 bits per heavy atom. The number of rotatable bonds is 7. The van der Waals surface area contributed by atoms with Crippen molar-refractivity contribution in [3.05, 3.63) is 95.6 Å². The summed E-state index contributed by atoms with van der Waals surface area (Å²) in [5.41, 5.74) is 4.78. The van der Waals surface area contributed by atoms with Crippen molar-refractivity contribution in [1.29, 1.82) is 0 Å². The summed E-state index contributed by atoms with van der Waals surface area (Å²) < 4.78 is 0. The number of amides is 2. The predicted octanol–water partition coefficient (Wildman–Crippen LogP) is 6.07. The van der Waals surface area contributed by atoms with Gasteiger partial charge < -0.3 is 10.6 Å². The number of thioether (sulfide) groups is 1. The Labute approximate surface area is 187 Å². The normalized spacial score (nSPS) is 11.8. The van der Waals surface area contributed by atoms with E-state index in [0.29, 0.717) is 5.69 Å². The van der Waals surface area contributed by atoms with Crippen LogP contribution in [0, 0.1) is 13.8 Å². The van der Waals surface area contributed by atoms with Gasteiger partial charge in [0.25, 0.3) is 0 Å². The van der Waals surface area contributed by atoms with Gasteiger partial charge in [-0.15, -0.1) is 11.8 Å². The van der Waals surface area contributed by atoms with Crippen LogP contribution in [-0.4, -0.2) is 17.1 Å². The van der Waals surface area contributed by atoms with Gasteiger partial charge in [-0.2, -0.15) is 0 Å². The molecule has 0 saturated heterocycles. The second-order valence-corrected chi connectivity index (χ2v) is 8.72. The summed E-state index contributed by atoms with van der Waals surface area (Å²) >= 11 is 1.45. The van der Waals surface area contributed by atoms with Gasteiger partial charge in [-0.05, 0) is 73.9 Å². The quantitative estimate of drug-likeness (QED) is 0.353. The highest BCUT2D eigenvalue weighted by Gasteiger charge is 2.15. The van der Waals surface area contributed by atoms with Crippen LogP contribution in [0.2, 0.25) is 0 Å². The number of hydrogen-bond donors (Lipinski definition) is 2. The molecular formula is C26H26N2O2S. The average molecular weight is 431 g/mol. The van der Waals surface area contributed by atoms with E-state index in [1.807, 2.05) is 93.6 Å². The van der Waals surface area contributed by atoms with E-state index in [1.54, 1.807) is 6.08 Å². The van der Waals surface area contributed by atoms with Crippen molar-refractivity contribution in [2.75, 3.05) is 10.6 Å². The van der Waals surface area contributed by atoms with Crippen LogP contribution in [0.4, 0.5) is 11.4 Å². The molecule has 0 aromatic heterocycles. The molecule has 3 rings (SSSR count). The van der Waals surface area contributed by atoms with Crippen molar-refractivity contribution in [2.24, 2.45) is 0 Å². The van der Waals surface area contributed by atoms with Gasteiger partial charge in [0.2, 0.25) is 11.8 Å². The highest BCUT2D eigenvalue weighted by molar-refractivity contribution is 8.00. The molecular weight excluding hydrogens is 404 g/mol. The van der Waals surface area contributed by atoms with Crippen LogP contribution in [-0.2, 0) is 9.59 Å². The first kappa shape index (κ1) is 22.4. The molecule has 0 aliphatic heterocycles. The van der Waals surface area contributed by atoms with Gasteiger partial charge in [0.1, 0.15) is 0 Å². The molecule has 3 aromatic carbocycles. The summed E-state index contributed by atoms with van der Waals surface area (Å²) in [6, 6.07) is 23.1. The van der Waals surface area contributed by atoms with Gasteiger partial charge in [0.15, 0.2) is 0 Å². The zero-order valence-corrected chi connectivity index (χ0v) is 18.7. The Morgan fingerprint density at radius 1 is 0.839 bits per heavy atom. The van der Waals surface area contributed by atoms with Gasteiger partial charge in [0, 0.05) is 22.3 Å². The lowest BCUT2D eigenvalue weighted by molar-refractivity contribution is -0.115. The molecule has 0 spiro atoms. The molecule has 31 heavy (non-hydrogen) atoms. The molecule has 0 fully saturated rings. The second-order valence-electron chi connectivity index (χ2n) is 7.31. The van der Waals surface area contributed by atoms with Crippen LogP contribution in [0.3, 0.4) is 0 Å². The number of carbonyl (C=O) groups excluding carboxylic acids is 2. The van der Waals surface area contributed by atoms with Crippen molar-refractivity contribution >= 4 is 41.0 Å². The molecule has 0 aliphatic rings. The monoisotopic (exact) mass is 430 g/mol. The maximum Gasteiger partial charge on any atom is 0.248 e. The van der Waals surface area contributed by atoms with E-state index in [9.17, 15) is 9.59 Å². The third-order valence-corrected chi connectivity index (χ3v) is 5.88. The van der Waals surface area contributed by atoms with Crippen LogP contribution in [0.1, 0.15) is 23.6 Å². The van der Waals surface area contributed by atoms with E-state index in [1.165, 1.54) is 23.4 Å². The van der Waals surface area contributed by atoms with Crippen molar-refractivity contribution in [3.63, 3.8) is 0 Å². The second kappa shape index (κ2) is 10.6. The van der Waals surface area contributed by atoms with Crippen molar-refractivity contribution in [1.82, 2.24) is 0 Å². The maximum atomic E-state index is 12.6. The number of anilines is 2. The van der Waals surface area contributed by atoms with Crippen molar-refractivity contribution < 1.29 is 9.59 Å². The molecule has 0 heterocycles. The molecule has 0 aliphatic carbocycles. The fraction of sp³-hybridized carbons (Fsp3) is 0.154. The van der Waals surface area contributed by atoms with Crippen LogP contribution >= 0.6 is 11.8 Å². The van der Waals surface area contributed by atoms with Crippen LogP contribution in [0.25, 0.3) is 6.08 Å². The highest BCUT2D eigenvalue weighted by Crippen LogP contribution is 2.27. The van der Waals surface area contributed by atoms with Gasteiger partial charge in [-0.1, -0.05) is 42.5 Å². The summed E-state index contributed by atoms with van der Waals surface area (Å²) in [5, 5.41) is 5.55. The molecule has 3 aromatic rings. The smallest absolute Gasteiger partial charge is 0.248 e. The summed E-state index contributed by atoms with van der Waals surface area (Å²) in [4.78, 5) is 25.7. The van der Waals surface area contributed by atoms with E-state index >= 15 is 0 Å². The van der Waals surface area contributed by atoms with Gasteiger partial charge in [-0.25, -0.2) is 0 Å². The molecule has 0 radical (unpaired) electrons. The molecule has 5 heteroatoms. The third kappa shape index (κ3) is 6.86. The predicted molar refractivity (Wildman–Crippen MR) is 130 cm³/mol. The van der Waals surface area contributed by atoms with Crippen LogP contribution < -0.4 is 10.6 Å². The van der Waals surface area contributed by atoms with E-state index < -0.39 is 0 Å². The summed E-state index contributed by atoms with van der Waals surface area (Å²) in [6.45, 7) is 5.94. The fourth-order valence-corrected chi connectivity index (χ4v) is 3.81. The molecule has 2 amide bonds. The first-order valence-corrected chi connectivity index (χ1v) is 11.0. The van der Waals surface area contributed by atoms with E-state index in [2.05, 4.69) is 10.6 Å². The van der Waals surface area contributed by atoms with Crippen molar-refractivity contribution in [3.8, 4) is 0 Å². The SMILES string of the molecule is Cc1ccc(NC(=O)C(C)Sc2cccc(NC(=O)/C=C/c3ccccc3)c2)cc1C. The number of benzene rings is 3. The average Bonchev–Trinajstić information content (AvgIpc) is 2.76. The van der Waals surface area contributed by atoms with Gasteiger partial charge in [-0.3, -0.25) is 9.59 Å². The fourth-order valence-electron chi connectivity index (χ4n) is 2.89. The number of nitrogens with one attached hydrogen (secondary N) is 2. The first-order valence-electron chi connectivity index (χ1n) is 10.1. The molecule has 2 N–H and O–H groups in total. The number of carbonyl (C=O) groups is 2. The zero-order valence-electron chi connectivity index (χ0n) is 17.9. The zero-order chi connectivity index (χ0) is 22.2. The van der Waals surface area contributed by atoms with Crippen molar-refractivity contribution in [2.45, 2.75) is 30.9 Å². The minimum Gasteiger partial charge on any atom is -0.325 e. The number of aryl methyl sites for hydroxylation is 2. The standard InChI is InChI=1S/C26H26N2O2S/c1-18-12-14-23(16-19(18)2)28-26(30)20(3)31-24-11-7-10-22(17-24)27-25(29)15-13-21-8-5-4-6-9-21/h4-17,20H,1-3H3,(H,27,29)(H,28,30)/b15-13+. The lowest BCUT2D eigenvalue weighted by Crippen LogP contribution is -2.22. The van der Waals surface area contributed by atoms with E-state index in [0.717, 1.165) is 21.7 Å². The molecule has 1 atom stereocenters. The molecule has 158 valence electrons.